The molecule has 0 spiro atoms. The van der Waals surface area contributed by atoms with Crippen LogP contribution in [0.3, 0.4) is 0 Å². The Morgan fingerprint density at radius 1 is 0.957 bits per heavy atom. The van der Waals surface area contributed by atoms with E-state index >= 15 is 0 Å². The minimum absolute atomic E-state index is 0.0547. The second-order valence-electron chi connectivity index (χ2n) is 6.42. The maximum absolute atomic E-state index is 11.2. The topological polar surface area (TPSA) is 46.5 Å². The second kappa shape index (κ2) is 17.5. The van der Waals surface area contributed by atoms with Gasteiger partial charge in [-0.25, -0.2) is 0 Å². The summed E-state index contributed by atoms with van der Waals surface area (Å²) in [6.45, 7) is 4.03. The third-order valence-corrected chi connectivity index (χ3v) is 4.06. The molecule has 0 aromatic heterocycles. The molecule has 0 bridgehead atoms. The zero-order valence-corrected chi connectivity index (χ0v) is 15.4. The van der Waals surface area contributed by atoms with Crippen molar-refractivity contribution in [3.05, 3.63) is 12.2 Å². The van der Waals surface area contributed by atoms with Crippen LogP contribution in [-0.4, -0.2) is 23.8 Å². The molecule has 1 N–H and O–H groups in total. The van der Waals surface area contributed by atoms with E-state index in [1.807, 2.05) is 0 Å². The molecule has 3 heteroatoms. The number of esters is 1. The van der Waals surface area contributed by atoms with E-state index in [9.17, 15) is 4.79 Å². The molecule has 0 aliphatic carbocycles. The SMILES string of the molecule is CCCCCCC(CC=CCCCCCCCCO)OC(C)=O. The summed E-state index contributed by atoms with van der Waals surface area (Å²) in [6.07, 6.45) is 19.4. The Bertz CT molecular complexity index is 287. The number of aliphatic hydroxyl groups is 1. The zero-order valence-electron chi connectivity index (χ0n) is 15.4. The summed E-state index contributed by atoms with van der Waals surface area (Å²) in [7, 11) is 0. The number of aliphatic hydroxyl groups excluding tert-OH is 1. The highest BCUT2D eigenvalue weighted by Crippen LogP contribution is 2.13. The minimum Gasteiger partial charge on any atom is -0.462 e. The first-order valence-electron chi connectivity index (χ1n) is 9.63. The molecule has 1 atom stereocenters. The standard InChI is InChI=1S/C20H38O3/c1-3-4-5-13-16-20(23-19(2)22)17-14-11-9-7-6-8-10-12-15-18-21/h11,14,20-21H,3-10,12-13,15-18H2,1-2H3. The molecule has 136 valence electrons. The van der Waals surface area contributed by atoms with Crippen molar-refractivity contribution >= 4 is 5.97 Å². The molecule has 0 heterocycles. The molecular weight excluding hydrogens is 288 g/mol. The zero-order chi connectivity index (χ0) is 17.2. The van der Waals surface area contributed by atoms with Crippen molar-refractivity contribution in [1.29, 1.82) is 0 Å². The fourth-order valence-electron chi connectivity index (χ4n) is 2.71. The molecule has 3 nitrogen and oxygen atoms in total. The summed E-state index contributed by atoms with van der Waals surface area (Å²) in [5.74, 6) is -0.165. The van der Waals surface area contributed by atoms with Crippen LogP contribution in [0.25, 0.3) is 0 Å². The number of hydrogen-bond acceptors (Lipinski definition) is 3. The number of unbranched alkanes of at least 4 members (excludes halogenated alkanes) is 9. The lowest BCUT2D eigenvalue weighted by Crippen LogP contribution is -2.15. The predicted molar refractivity (Wildman–Crippen MR) is 97.5 cm³/mol. The smallest absolute Gasteiger partial charge is 0.302 e. The first kappa shape index (κ1) is 22.2. The van der Waals surface area contributed by atoms with Gasteiger partial charge in [-0.05, 0) is 32.1 Å². The summed E-state index contributed by atoms with van der Waals surface area (Å²) in [5.41, 5.74) is 0. The average molecular weight is 327 g/mol. The molecule has 0 aliphatic heterocycles. The highest BCUT2D eigenvalue weighted by atomic mass is 16.5. The molecule has 0 amide bonds. The van der Waals surface area contributed by atoms with Gasteiger partial charge in [0, 0.05) is 20.0 Å². The lowest BCUT2D eigenvalue weighted by molar-refractivity contribution is -0.146. The molecule has 0 saturated carbocycles. The van der Waals surface area contributed by atoms with E-state index in [2.05, 4.69) is 19.1 Å². The van der Waals surface area contributed by atoms with E-state index in [0.717, 1.165) is 38.5 Å². The predicted octanol–water partition coefficient (Wildman–Crippen LogP) is 5.56. The monoisotopic (exact) mass is 326 g/mol. The van der Waals surface area contributed by atoms with Gasteiger partial charge in [-0.3, -0.25) is 4.79 Å². The number of carbonyl (C=O) groups is 1. The molecule has 0 aliphatic rings. The number of carbonyl (C=O) groups excluding carboxylic acids is 1. The van der Waals surface area contributed by atoms with Gasteiger partial charge in [-0.2, -0.15) is 0 Å². The Kier molecular flexibility index (Phi) is 16.9. The highest BCUT2D eigenvalue weighted by molar-refractivity contribution is 5.66. The summed E-state index contributed by atoms with van der Waals surface area (Å²) < 4.78 is 5.40. The van der Waals surface area contributed by atoms with Crippen LogP contribution in [0.15, 0.2) is 12.2 Å². The Morgan fingerprint density at radius 3 is 2.26 bits per heavy atom. The Balaban J connectivity index is 3.67. The van der Waals surface area contributed by atoms with Crippen LogP contribution < -0.4 is 0 Å². The summed E-state index contributed by atoms with van der Waals surface area (Å²) in [6, 6.07) is 0. The molecule has 1 unspecified atom stereocenters. The van der Waals surface area contributed by atoms with Gasteiger partial charge in [0.05, 0.1) is 0 Å². The third kappa shape index (κ3) is 17.4. The molecule has 0 fully saturated rings. The van der Waals surface area contributed by atoms with Gasteiger partial charge < -0.3 is 9.84 Å². The molecule has 0 aromatic rings. The molecule has 0 aromatic carbocycles. The van der Waals surface area contributed by atoms with Crippen molar-refractivity contribution in [3.8, 4) is 0 Å². The van der Waals surface area contributed by atoms with Gasteiger partial charge in [0.25, 0.3) is 0 Å². The maximum Gasteiger partial charge on any atom is 0.302 e. The van der Waals surface area contributed by atoms with E-state index < -0.39 is 0 Å². The van der Waals surface area contributed by atoms with Crippen LogP contribution in [0.4, 0.5) is 0 Å². The van der Waals surface area contributed by atoms with Gasteiger partial charge in [0.15, 0.2) is 0 Å². The molecule has 23 heavy (non-hydrogen) atoms. The van der Waals surface area contributed by atoms with Crippen molar-refractivity contribution in [3.63, 3.8) is 0 Å². The molecule has 0 saturated heterocycles. The van der Waals surface area contributed by atoms with Crippen LogP contribution in [-0.2, 0) is 9.53 Å². The summed E-state index contributed by atoms with van der Waals surface area (Å²) >= 11 is 0. The summed E-state index contributed by atoms with van der Waals surface area (Å²) in [5, 5.41) is 8.71. The number of rotatable bonds is 16. The Morgan fingerprint density at radius 2 is 1.61 bits per heavy atom. The van der Waals surface area contributed by atoms with E-state index in [1.165, 1.54) is 51.9 Å². The first-order chi connectivity index (χ1) is 11.2. The lowest BCUT2D eigenvalue weighted by Gasteiger charge is -2.15. The van der Waals surface area contributed by atoms with Gasteiger partial charge in [0.2, 0.25) is 0 Å². The Hall–Kier alpha value is -0.830. The summed E-state index contributed by atoms with van der Waals surface area (Å²) in [4.78, 5) is 11.2. The van der Waals surface area contributed by atoms with Gasteiger partial charge in [-0.1, -0.05) is 64.0 Å². The largest absolute Gasteiger partial charge is 0.462 e. The van der Waals surface area contributed by atoms with Crippen LogP contribution in [0.5, 0.6) is 0 Å². The van der Waals surface area contributed by atoms with Crippen molar-refractivity contribution in [2.45, 2.75) is 103 Å². The normalized spacial score (nSPS) is 12.7. The van der Waals surface area contributed by atoms with E-state index in [-0.39, 0.29) is 12.1 Å². The van der Waals surface area contributed by atoms with Gasteiger partial charge in [-0.15, -0.1) is 0 Å². The quantitative estimate of drug-likeness (QED) is 0.229. The van der Waals surface area contributed by atoms with Crippen LogP contribution in [0, 0.1) is 0 Å². The average Bonchev–Trinajstić information content (AvgIpc) is 2.52. The fraction of sp³-hybridized carbons (Fsp3) is 0.850. The van der Waals surface area contributed by atoms with Crippen molar-refractivity contribution < 1.29 is 14.6 Å². The van der Waals surface area contributed by atoms with Crippen LogP contribution in [0.2, 0.25) is 0 Å². The number of hydrogen-bond donors (Lipinski definition) is 1. The second-order valence-corrected chi connectivity index (χ2v) is 6.42. The van der Waals surface area contributed by atoms with Crippen molar-refractivity contribution in [2.75, 3.05) is 6.61 Å². The Labute approximate surface area is 143 Å². The number of allylic oxidation sites excluding steroid dienone is 1. The molecule has 0 rings (SSSR count). The maximum atomic E-state index is 11.2. The van der Waals surface area contributed by atoms with Gasteiger partial charge >= 0.3 is 5.97 Å². The highest BCUT2D eigenvalue weighted by Gasteiger charge is 2.09. The minimum atomic E-state index is -0.165. The van der Waals surface area contributed by atoms with Crippen molar-refractivity contribution in [1.82, 2.24) is 0 Å². The van der Waals surface area contributed by atoms with Crippen LogP contribution in [0.1, 0.15) is 97.3 Å². The fourth-order valence-corrected chi connectivity index (χ4v) is 2.71. The number of ether oxygens (including phenoxy) is 1. The lowest BCUT2D eigenvalue weighted by atomic mass is 10.1. The van der Waals surface area contributed by atoms with Gasteiger partial charge in [0.1, 0.15) is 6.10 Å². The van der Waals surface area contributed by atoms with E-state index in [4.69, 9.17) is 9.84 Å². The van der Waals surface area contributed by atoms with E-state index in [0.29, 0.717) is 6.61 Å². The third-order valence-electron chi connectivity index (χ3n) is 4.06. The first-order valence-corrected chi connectivity index (χ1v) is 9.63. The molecular formula is C20H38O3. The molecule has 0 radical (unpaired) electrons. The van der Waals surface area contributed by atoms with Crippen molar-refractivity contribution in [2.24, 2.45) is 0 Å². The van der Waals surface area contributed by atoms with Crippen LogP contribution >= 0.6 is 0 Å². The van der Waals surface area contributed by atoms with E-state index in [1.54, 1.807) is 0 Å².